The van der Waals surface area contributed by atoms with E-state index >= 15 is 0 Å². The molecule has 3 rings (SSSR count). The zero-order valence-electron chi connectivity index (χ0n) is 19.8. The molecule has 0 aliphatic carbocycles. The van der Waals surface area contributed by atoms with Gasteiger partial charge in [0.1, 0.15) is 11.6 Å². The fraction of sp³-hybridized carbons (Fsp3) is 0.423. The number of rotatable bonds is 7. The summed E-state index contributed by atoms with van der Waals surface area (Å²) in [4.78, 5) is 27.3. The first kappa shape index (κ1) is 24.3. The van der Waals surface area contributed by atoms with Gasteiger partial charge in [-0.2, -0.15) is 5.26 Å². The molecule has 2 aromatic rings. The number of aryl methyl sites for hydroxylation is 1. The average molecular weight is 449 g/mol. The molecule has 1 aliphatic rings. The SMILES string of the molecule is COCC(C)n1c(C)cc(/C=C(\C#N)C(=O)N2CCC(C(=O)Nc3ccccc3)CC2)c1C. The summed E-state index contributed by atoms with van der Waals surface area (Å²) in [6, 6.07) is 13.6. The van der Waals surface area contributed by atoms with E-state index in [2.05, 4.69) is 22.9 Å². The molecule has 0 spiro atoms. The Morgan fingerprint density at radius 3 is 2.52 bits per heavy atom. The quantitative estimate of drug-likeness (QED) is 0.510. The summed E-state index contributed by atoms with van der Waals surface area (Å²) in [6.45, 7) is 7.56. The third-order valence-electron chi connectivity index (χ3n) is 6.22. The molecule has 1 saturated heterocycles. The molecule has 1 aliphatic heterocycles. The van der Waals surface area contributed by atoms with Gasteiger partial charge in [-0.05, 0) is 63.5 Å². The molecule has 1 fully saturated rings. The lowest BCUT2D eigenvalue weighted by Gasteiger charge is -2.31. The highest BCUT2D eigenvalue weighted by Gasteiger charge is 2.29. The number of hydrogen-bond donors (Lipinski definition) is 1. The van der Waals surface area contributed by atoms with Crippen molar-refractivity contribution in [2.75, 3.05) is 32.1 Å². The molecule has 33 heavy (non-hydrogen) atoms. The fourth-order valence-corrected chi connectivity index (χ4v) is 4.52. The van der Waals surface area contributed by atoms with E-state index in [-0.39, 0.29) is 29.3 Å². The minimum atomic E-state index is -0.283. The molecule has 0 bridgehead atoms. The lowest BCUT2D eigenvalue weighted by atomic mass is 9.95. The van der Waals surface area contributed by atoms with Crippen LogP contribution in [0.5, 0.6) is 0 Å². The Morgan fingerprint density at radius 2 is 1.91 bits per heavy atom. The Balaban J connectivity index is 1.66. The van der Waals surface area contributed by atoms with Gasteiger partial charge in [0, 0.05) is 43.2 Å². The molecule has 1 atom stereocenters. The topological polar surface area (TPSA) is 87.4 Å². The third kappa shape index (κ3) is 5.71. The Labute approximate surface area is 195 Å². The number of nitriles is 1. The lowest BCUT2D eigenvalue weighted by molar-refractivity contribution is -0.130. The van der Waals surface area contributed by atoms with Gasteiger partial charge in [0.05, 0.1) is 12.6 Å². The van der Waals surface area contributed by atoms with Crippen molar-refractivity contribution in [3.63, 3.8) is 0 Å². The first-order valence-electron chi connectivity index (χ1n) is 11.3. The highest BCUT2D eigenvalue weighted by atomic mass is 16.5. The molecule has 1 unspecified atom stereocenters. The number of nitrogens with one attached hydrogen (secondary N) is 1. The van der Waals surface area contributed by atoms with E-state index in [0.29, 0.717) is 32.5 Å². The summed E-state index contributed by atoms with van der Waals surface area (Å²) in [6.07, 6.45) is 2.83. The predicted octanol–water partition coefficient (Wildman–Crippen LogP) is 4.10. The van der Waals surface area contributed by atoms with Crippen LogP contribution in [0.2, 0.25) is 0 Å². The number of anilines is 1. The predicted molar refractivity (Wildman–Crippen MR) is 128 cm³/mol. The number of carbonyl (C=O) groups excluding carboxylic acids is 2. The van der Waals surface area contributed by atoms with Crippen molar-refractivity contribution in [3.05, 3.63) is 58.9 Å². The lowest BCUT2D eigenvalue weighted by Crippen LogP contribution is -2.41. The highest BCUT2D eigenvalue weighted by Crippen LogP contribution is 2.25. The summed E-state index contributed by atoms with van der Waals surface area (Å²) in [5.41, 5.74) is 3.79. The fourth-order valence-electron chi connectivity index (χ4n) is 4.52. The van der Waals surface area contributed by atoms with Crippen LogP contribution < -0.4 is 5.32 Å². The summed E-state index contributed by atoms with van der Waals surface area (Å²) in [5, 5.41) is 12.6. The van der Waals surface area contributed by atoms with Crippen LogP contribution in [0.25, 0.3) is 6.08 Å². The molecular weight excluding hydrogens is 416 g/mol. The van der Waals surface area contributed by atoms with E-state index in [9.17, 15) is 14.9 Å². The van der Waals surface area contributed by atoms with Gasteiger partial charge < -0.3 is 19.5 Å². The molecule has 0 radical (unpaired) electrons. The second-order valence-corrected chi connectivity index (χ2v) is 8.59. The van der Waals surface area contributed by atoms with Crippen LogP contribution in [0.4, 0.5) is 5.69 Å². The number of ether oxygens (including phenoxy) is 1. The Morgan fingerprint density at radius 1 is 1.24 bits per heavy atom. The van der Waals surface area contributed by atoms with Crippen LogP contribution >= 0.6 is 0 Å². The van der Waals surface area contributed by atoms with Crippen LogP contribution in [0, 0.1) is 31.1 Å². The second-order valence-electron chi connectivity index (χ2n) is 8.59. The first-order valence-corrected chi connectivity index (χ1v) is 11.3. The molecular formula is C26H32N4O3. The molecule has 7 heteroatoms. The number of benzene rings is 1. The van der Waals surface area contributed by atoms with E-state index in [1.807, 2.05) is 50.2 Å². The molecule has 1 aromatic heterocycles. The number of amides is 2. The smallest absolute Gasteiger partial charge is 0.264 e. The largest absolute Gasteiger partial charge is 0.383 e. The van der Waals surface area contributed by atoms with Gasteiger partial charge in [-0.3, -0.25) is 9.59 Å². The maximum absolute atomic E-state index is 13.0. The highest BCUT2D eigenvalue weighted by molar-refractivity contribution is 6.02. The van der Waals surface area contributed by atoms with E-state index in [0.717, 1.165) is 22.6 Å². The van der Waals surface area contributed by atoms with Crippen LogP contribution in [0.15, 0.2) is 42.0 Å². The van der Waals surface area contributed by atoms with Gasteiger partial charge in [0.15, 0.2) is 0 Å². The molecule has 1 aromatic carbocycles. The average Bonchev–Trinajstić information content (AvgIpc) is 3.10. The molecule has 2 heterocycles. The standard InChI is InChI=1S/C26H32N4O3/c1-18-14-22(20(3)30(18)19(2)17-33-4)15-23(16-27)26(32)29-12-10-21(11-13-29)25(31)28-24-8-6-5-7-9-24/h5-9,14-15,19,21H,10-13,17H2,1-4H3,(H,28,31)/b23-15+. The van der Waals surface area contributed by atoms with Gasteiger partial charge in [0.2, 0.25) is 5.91 Å². The third-order valence-corrected chi connectivity index (χ3v) is 6.22. The number of para-hydroxylation sites is 1. The van der Waals surface area contributed by atoms with E-state index < -0.39 is 0 Å². The van der Waals surface area contributed by atoms with Crippen molar-refractivity contribution in [2.45, 2.75) is 39.7 Å². The molecule has 0 saturated carbocycles. The number of methoxy groups -OCH3 is 1. The van der Waals surface area contributed by atoms with Crippen molar-refractivity contribution < 1.29 is 14.3 Å². The van der Waals surface area contributed by atoms with Gasteiger partial charge in [-0.25, -0.2) is 0 Å². The zero-order chi connectivity index (χ0) is 24.0. The van der Waals surface area contributed by atoms with Crippen molar-refractivity contribution in [2.24, 2.45) is 5.92 Å². The Bertz CT molecular complexity index is 1060. The minimum absolute atomic E-state index is 0.0260. The van der Waals surface area contributed by atoms with Crippen LogP contribution in [0.3, 0.4) is 0 Å². The number of carbonyl (C=O) groups is 2. The molecule has 1 N–H and O–H groups in total. The number of piperidine rings is 1. The van der Waals surface area contributed by atoms with Crippen molar-refractivity contribution in [1.29, 1.82) is 5.26 Å². The van der Waals surface area contributed by atoms with E-state index in [1.165, 1.54) is 0 Å². The summed E-state index contributed by atoms with van der Waals surface area (Å²) >= 11 is 0. The Hall–Kier alpha value is -3.37. The number of nitrogens with zero attached hydrogens (tertiary/aromatic N) is 3. The monoisotopic (exact) mass is 448 g/mol. The van der Waals surface area contributed by atoms with Crippen molar-refractivity contribution >= 4 is 23.6 Å². The van der Waals surface area contributed by atoms with Crippen molar-refractivity contribution in [3.8, 4) is 6.07 Å². The Kier molecular flexibility index (Phi) is 8.07. The summed E-state index contributed by atoms with van der Waals surface area (Å²) < 4.78 is 7.44. The second kappa shape index (κ2) is 11.0. The van der Waals surface area contributed by atoms with Gasteiger partial charge in [-0.15, -0.1) is 0 Å². The molecule has 7 nitrogen and oxygen atoms in total. The van der Waals surface area contributed by atoms with E-state index in [4.69, 9.17) is 4.74 Å². The van der Waals surface area contributed by atoms with Crippen LogP contribution in [0.1, 0.15) is 42.8 Å². The molecule has 2 amide bonds. The number of hydrogen-bond acceptors (Lipinski definition) is 4. The van der Waals surface area contributed by atoms with Crippen molar-refractivity contribution in [1.82, 2.24) is 9.47 Å². The van der Waals surface area contributed by atoms with Gasteiger partial charge >= 0.3 is 0 Å². The summed E-state index contributed by atoms with van der Waals surface area (Å²) in [7, 11) is 1.67. The van der Waals surface area contributed by atoms with Crippen LogP contribution in [-0.2, 0) is 14.3 Å². The number of aromatic nitrogens is 1. The molecule has 174 valence electrons. The first-order chi connectivity index (χ1) is 15.8. The van der Waals surface area contributed by atoms with Crippen LogP contribution in [-0.4, -0.2) is 48.1 Å². The number of likely N-dealkylation sites (tertiary alicyclic amines) is 1. The maximum Gasteiger partial charge on any atom is 0.264 e. The normalized spacial score (nSPS) is 15.7. The van der Waals surface area contributed by atoms with Gasteiger partial charge in [0.25, 0.3) is 5.91 Å². The summed E-state index contributed by atoms with van der Waals surface area (Å²) in [5.74, 6) is -0.457. The minimum Gasteiger partial charge on any atom is -0.383 e. The zero-order valence-corrected chi connectivity index (χ0v) is 19.8. The van der Waals surface area contributed by atoms with Gasteiger partial charge in [-0.1, -0.05) is 18.2 Å². The maximum atomic E-state index is 13.0. The van der Waals surface area contributed by atoms with E-state index in [1.54, 1.807) is 18.1 Å².